The minimum absolute atomic E-state index is 0.0135. The molecule has 0 spiro atoms. The summed E-state index contributed by atoms with van der Waals surface area (Å²) in [6, 6.07) is 14.0. The molecular formula is C22H19ClN6O3S2. The molecule has 0 aliphatic heterocycles. The maximum absolute atomic E-state index is 12.6. The summed E-state index contributed by atoms with van der Waals surface area (Å²) in [7, 11) is 1.56. The molecule has 2 amide bonds. The van der Waals surface area contributed by atoms with Gasteiger partial charge in [0.15, 0.2) is 4.34 Å². The maximum Gasteiger partial charge on any atom is 0.274 e. The van der Waals surface area contributed by atoms with Crippen LogP contribution in [0, 0.1) is 0 Å². The van der Waals surface area contributed by atoms with E-state index in [1.807, 2.05) is 0 Å². The molecule has 0 fully saturated rings. The molecule has 0 saturated heterocycles. The van der Waals surface area contributed by atoms with Gasteiger partial charge in [0, 0.05) is 35.3 Å². The molecule has 0 saturated carbocycles. The highest BCUT2D eigenvalue weighted by molar-refractivity contribution is 8.01. The number of aryl methyl sites for hydroxylation is 1. The van der Waals surface area contributed by atoms with E-state index in [0.29, 0.717) is 42.4 Å². The number of rotatable bonds is 8. The summed E-state index contributed by atoms with van der Waals surface area (Å²) in [4.78, 5) is 36.9. The number of fused-ring (bicyclic) bond motifs is 1. The van der Waals surface area contributed by atoms with Gasteiger partial charge in [-0.15, -0.1) is 10.2 Å². The van der Waals surface area contributed by atoms with Gasteiger partial charge in [0.2, 0.25) is 16.9 Å². The SMILES string of the molecule is Cn1nc(CC(=O)Nc2nnc(SCCC(=O)Nc3cccc(Cl)c3)s2)c2ccccc2c1=O. The molecule has 0 aliphatic carbocycles. The predicted molar refractivity (Wildman–Crippen MR) is 135 cm³/mol. The van der Waals surface area contributed by atoms with Crippen molar-refractivity contribution in [2.45, 2.75) is 17.2 Å². The molecule has 4 rings (SSSR count). The van der Waals surface area contributed by atoms with E-state index < -0.39 is 0 Å². The zero-order chi connectivity index (χ0) is 24.1. The van der Waals surface area contributed by atoms with Crippen molar-refractivity contribution < 1.29 is 9.59 Å². The average molecular weight is 515 g/mol. The summed E-state index contributed by atoms with van der Waals surface area (Å²) < 4.78 is 1.87. The van der Waals surface area contributed by atoms with Crippen LogP contribution < -0.4 is 16.2 Å². The first-order valence-corrected chi connectivity index (χ1v) is 12.3. The fourth-order valence-corrected chi connectivity index (χ4v) is 5.13. The van der Waals surface area contributed by atoms with Crippen molar-refractivity contribution in [2.75, 3.05) is 16.4 Å². The van der Waals surface area contributed by atoms with Gasteiger partial charge in [-0.05, 0) is 24.3 Å². The van der Waals surface area contributed by atoms with Crippen LogP contribution in [0.3, 0.4) is 0 Å². The van der Waals surface area contributed by atoms with Gasteiger partial charge in [-0.25, -0.2) is 4.68 Å². The first kappa shape index (κ1) is 23.9. The lowest BCUT2D eigenvalue weighted by Gasteiger charge is -2.07. The topological polar surface area (TPSA) is 119 Å². The number of amides is 2. The Morgan fingerprint density at radius 2 is 1.85 bits per heavy atom. The summed E-state index contributed by atoms with van der Waals surface area (Å²) in [5.41, 5.74) is 0.927. The quantitative estimate of drug-likeness (QED) is 0.271. The molecule has 174 valence electrons. The minimum atomic E-state index is -0.315. The standard InChI is InChI=1S/C22H19ClN6O3S2/c1-29-20(32)16-8-3-2-7-15(16)17(28-29)12-19(31)25-21-26-27-22(34-21)33-10-9-18(30)24-14-6-4-5-13(23)11-14/h2-8,11H,9-10,12H2,1H3,(H,24,30)(H,25,26,31). The van der Waals surface area contributed by atoms with Crippen molar-refractivity contribution in [2.24, 2.45) is 7.05 Å². The molecule has 0 bridgehead atoms. The second-order valence-electron chi connectivity index (χ2n) is 7.18. The van der Waals surface area contributed by atoms with Gasteiger partial charge in [-0.3, -0.25) is 14.4 Å². The summed E-state index contributed by atoms with van der Waals surface area (Å²) in [6.07, 6.45) is 0.268. The van der Waals surface area contributed by atoms with Gasteiger partial charge in [0.05, 0.1) is 17.5 Å². The van der Waals surface area contributed by atoms with E-state index in [9.17, 15) is 14.4 Å². The lowest BCUT2D eigenvalue weighted by atomic mass is 10.1. The van der Waals surface area contributed by atoms with Crippen LogP contribution in [0.4, 0.5) is 10.8 Å². The Labute approximate surface area is 207 Å². The summed E-state index contributed by atoms with van der Waals surface area (Å²) in [6.45, 7) is 0. The number of carbonyl (C=O) groups excluding carboxylic acids is 2. The molecule has 12 heteroatoms. The maximum atomic E-state index is 12.6. The second kappa shape index (κ2) is 10.8. The third-order valence-corrected chi connectivity index (χ3v) is 6.89. The molecule has 0 atom stereocenters. The largest absolute Gasteiger partial charge is 0.326 e. The van der Waals surface area contributed by atoms with Crippen molar-refractivity contribution in [1.29, 1.82) is 0 Å². The van der Waals surface area contributed by atoms with Gasteiger partial charge in [0.1, 0.15) is 0 Å². The Balaban J connectivity index is 1.30. The van der Waals surface area contributed by atoms with Crippen LogP contribution >= 0.6 is 34.7 Å². The van der Waals surface area contributed by atoms with Crippen LogP contribution in [-0.4, -0.2) is 37.5 Å². The first-order chi connectivity index (χ1) is 16.4. The molecule has 9 nitrogen and oxygen atoms in total. The first-order valence-electron chi connectivity index (χ1n) is 10.2. The van der Waals surface area contributed by atoms with Crippen LogP contribution in [0.5, 0.6) is 0 Å². The predicted octanol–water partition coefficient (Wildman–Crippen LogP) is 3.74. The van der Waals surface area contributed by atoms with Crippen molar-refractivity contribution in [1.82, 2.24) is 20.0 Å². The molecule has 34 heavy (non-hydrogen) atoms. The van der Waals surface area contributed by atoms with Gasteiger partial charge < -0.3 is 10.6 Å². The van der Waals surface area contributed by atoms with E-state index >= 15 is 0 Å². The highest BCUT2D eigenvalue weighted by Crippen LogP contribution is 2.26. The third-order valence-electron chi connectivity index (χ3n) is 4.68. The monoisotopic (exact) mass is 514 g/mol. The number of benzene rings is 2. The van der Waals surface area contributed by atoms with E-state index in [1.165, 1.54) is 27.8 Å². The number of carbonyl (C=O) groups is 2. The van der Waals surface area contributed by atoms with Crippen LogP contribution in [0.15, 0.2) is 57.7 Å². The smallest absolute Gasteiger partial charge is 0.274 e. The Bertz CT molecular complexity index is 1420. The van der Waals surface area contributed by atoms with Gasteiger partial charge in [0.25, 0.3) is 5.56 Å². The Kier molecular flexibility index (Phi) is 7.56. The molecule has 2 N–H and O–H groups in total. The number of hydrogen-bond acceptors (Lipinski definition) is 8. The normalized spacial score (nSPS) is 10.9. The van der Waals surface area contributed by atoms with Gasteiger partial charge in [-0.1, -0.05) is 59.0 Å². The van der Waals surface area contributed by atoms with Crippen LogP contribution in [0.2, 0.25) is 5.02 Å². The van der Waals surface area contributed by atoms with Crippen LogP contribution in [-0.2, 0) is 23.1 Å². The lowest BCUT2D eigenvalue weighted by molar-refractivity contribution is -0.116. The fourth-order valence-electron chi connectivity index (χ4n) is 3.16. The van der Waals surface area contributed by atoms with Crippen molar-refractivity contribution >= 4 is 68.1 Å². The van der Waals surface area contributed by atoms with E-state index in [-0.39, 0.29) is 30.2 Å². The van der Waals surface area contributed by atoms with Crippen molar-refractivity contribution in [3.63, 3.8) is 0 Å². The average Bonchev–Trinajstić information content (AvgIpc) is 3.24. The fraction of sp³-hybridized carbons (Fsp3) is 0.182. The molecule has 0 unspecified atom stereocenters. The van der Waals surface area contributed by atoms with Gasteiger partial charge >= 0.3 is 0 Å². The van der Waals surface area contributed by atoms with Crippen molar-refractivity contribution in [3.8, 4) is 0 Å². The van der Waals surface area contributed by atoms with Gasteiger partial charge in [-0.2, -0.15) is 5.10 Å². The lowest BCUT2D eigenvalue weighted by Crippen LogP contribution is -2.24. The highest BCUT2D eigenvalue weighted by Gasteiger charge is 2.14. The van der Waals surface area contributed by atoms with E-state index in [4.69, 9.17) is 11.6 Å². The number of anilines is 2. The Morgan fingerprint density at radius 1 is 1.06 bits per heavy atom. The number of hydrogen-bond donors (Lipinski definition) is 2. The Hall–Kier alpha value is -3.28. The summed E-state index contributed by atoms with van der Waals surface area (Å²) >= 11 is 8.52. The molecule has 0 aliphatic rings. The van der Waals surface area contributed by atoms with Crippen LogP contribution in [0.25, 0.3) is 10.8 Å². The van der Waals surface area contributed by atoms with E-state index in [1.54, 1.807) is 55.6 Å². The molecule has 2 heterocycles. The third kappa shape index (κ3) is 5.99. The molecule has 4 aromatic rings. The number of nitrogens with one attached hydrogen (secondary N) is 2. The molecule has 0 radical (unpaired) electrons. The zero-order valence-corrected chi connectivity index (χ0v) is 20.3. The molecular weight excluding hydrogens is 496 g/mol. The number of aromatic nitrogens is 4. The number of nitrogens with zero attached hydrogens (tertiary/aromatic N) is 4. The Morgan fingerprint density at radius 3 is 2.65 bits per heavy atom. The summed E-state index contributed by atoms with van der Waals surface area (Å²) in [5, 5.41) is 19.9. The second-order valence-corrected chi connectivity index (χ2v) is 9.93. The molecule has 2 aromatic carbocycles. The minimum Gasteiger partial charge on any atom is -0.326 e. The number of halogens is 1. The zero-order valence-electron chi connectivity index (χ0n) is 17.9. The summed E-state index contributed by atoms with van der Waals surface area (Å²) in [5.74, 6) is 0.0536. The van der Waals surface area contributed by atoms with Crippen molar-refractivity contribution in [3.05, 3.63) is 69.6 Å². The van der Waals surface area contributed by atoms with E-state index in [2.05, 4.69) is 25.9 Å². The molecule has 2 aromatic heterocycles. The van der Waals surface area contributed by atoms with Crippen LogP contribution in [0.1, 0.15) is 12.1 Å². The number of thioether (sulfide) groups is 1. The highest BCUT2D eigenvalue weighted by atomic mass is 35.5. The van der Waals surface area contributed by atoms with E-state index in [0.717, 1.165) is 0 Å².